The molecule has 0 amide bonds. The quantitative estimate of drug-likeness (QED) is 0.393. The summed E-state index contributed by atoms with van der Waals surface area (Å²) >= 11 is 0. The highest BCUT2D eigenvalue weighted by Crippen LogP contribution is 2.42. The van der Waals surface area contributed by atoms with Crippen molar-refractivity contribution in [2.24, 2.45) is 0 Å². The molecule has 0 aromatic heterocycles. The van der Waals surface area contributed by atoms with Crippen LogP contribution in [0, 0.1) is 0 Å². The number of alkyl halides is 5. The van der Waals surface area contributed by atoms with Crippen molar-refractivity contribution in [1.29, 1.82) is 0 Å². The van der Waals surface area contributed by atoms with Gasteiger partial charge in [0.25, 0.3) is 7.82 Å². The maximum Gasteiger partial charge on any atom is 0.453 e. The standard InChI is InChI=1S/C8H14F5O4P/c1-2-3-5-16-18(14,15)17-6-4-7(9,10)8(11,12)13/h2-6H2,1H3,(H,14,15)/p-1. The maximum atomic E-state index is 12.4. The molecule has 0 aliphatic heterocycles. The molecular formula is C8H13F5O4P-. The molecule has 0 saturated carbocycles. The van der Waals surface area contributed by atoms with Crippen LogP contribution in [0.1, 0.15) is 26.2 Å². The van der Waals surface area contributed by atoms with Crippen LogP contribution in [0.5, 0.6) is 0 Å². The minimum absolute atomic E-state index is 0.201. The molecule has 4 nitrogen and oxygen atoms in total. The van der Waals surface area contributed by atoms with Crippen LogP contribution in [0.3, 0.4) is 0 Å². The summed E-state index contributed by atoms with van der Waals surface area (Å²) in [5.74, 6) is -4.99. The fourth-order valence-corrected chi connectivity index (χ4v) is 1.53. The second-order valence-corrected chi connectivity index (χ2v) is 4.83. The van der Waals surface area contributed by atoms with Gasteiger partial charge in [-0.2, -0.15) is 22.0 Å². The predicted molar refractivity (Wildman–Crippen MR) is 50.0 cm³/mol. The molecule has 0 aliphatic rings. The Hall–Kier alpha value is -0.240. The van der Waals surface area contributed by atoms with Gasteiger partial charge in [0.05, 0.1) is 13.2 Å². The van der Waals surface area contributed by atoms with Crippen molar-refractivity contribution >= 4 is 7.82 Å². The summed E-state index contributed by atoms with van der Waals surface area (Å²) < 4.78 is 78.9. The van der Waals surface area contributed by atoms with Crippen molar-refractivity contribution < 1.29 is 40.5 Å². The van der Waals surface area contributed by atoms with Gasteiger partial charge in [-0.15, -0.1) is 0 Å². The molecule has 0 fully saturated rings. The van der Waals surface area contributed by atoms with Gasteiger partial charge in [0.1, 0.15) is 0 Å². The zero-order valence-corrected chi connectivity index (χ0v) is 10.4. The molecule has 1 atom stereocenters. The van der Waals surface area contributed by atoms with Gasteiger partial charge < -0.3 is 13.9 Å². The Labute approximate surface area is 101 Å². The SMILES string of the molecule is CCCCOP(=O)([O-])OCCC(F)(F)C(F)(F)F. The topological polar surface area (TPSA) is 58.6 Å². The van der Waals surface area contributed by atoms with Crippen LogP contribution in [0.25, 0.3) is 0 Å². The summed E-state index contributed by atoms with van der Waals surface area (Å²) in [6.45, 7) is 0.260. The largest absolute Gasteiger partial charge is 0.756 e. The van der Waals surface area contributed by atoms with Gasteiger partial charge in [-0.25, -0.2) is 0 Å². The van der Waals surface area contributed by atoms with Crippen molar-refractivity contribution in [3.8, 4) is 0 Å². The van der Waals surface area contributed by atoms with Gasteiger partial charge in [0.15, 0.2) is 0 Å². The van der Waals surface area contributed by atoms with E-state index in [0.29, 0.717) is 12.8 Å². The third-order valence-electron chi connectivity index (χ3n) is 1.83. The molecule has 18 heavy (non-hydrogen) atoms. The van der Waals surface area contributed by atoms with E-state index >= 15 is 0 Å². The lowest BCUT2D eigenvalue weighted by Gasteiger charge is -2.24. The first-order valence-corrected chi connectivity index (χ1v) is 6.52. The normalized spacial score (nSPS) is 16.6. The average Bonchev–Trinajstić information content (AvgIpc) is 2.15. The second kappa shape index (κ2) is 6.79. The second-order valence-electron chi connectivity index (χ2n) is 3.42. The molecule has 0 aromatic carbocycles. The van der Waals surface area contributed by atoms with E-state index in [9.17, 15) is 31.4 Å². The molecule has 0 aromatic rings. The minimum Gasteiger partial charge on any atom is -0.756 e. The number of halogens is 5. The maximum absolute atomic E-state index is 12.4. The van der Waals surface area contributed by atoms with Crippen molar-refractivity contribution in [3.63, 3.8) is 0 Å². The number of phosphoric ester groups is 1. The van der Waals surface area contributed by atoms with E-state index in [4.69, 9.17) is 0 Å². The summed E-state index contributed by atoms with van der Waals surface area (Å²) in [4.78, 5) is 10.9. The molecule has 0 saturated heterocycles. The average molecular weight is 299 g/mol. The lowest BCUT2D eigenvalue weighted by atomic mass is 10.2. The van der Waals surface area contributed by atoms with Crippen molar-refractivity contribution in [1.82, 2.24) is 0 Å². The molecule has 0 heterocycles. The molecule has 0 radical (unpaired) electrons. The highest BCUT2D eigenvalue weighted by molar-refractivity contribution is 7.45. The third kappa shape index (κ3) is 6.63. The van der Waals surface area contributed by atoms with Crippen LogP contribution in [0.4, 0.5) is 22.0 Å². The summed E-state index contributed by atoms with van der Waals surface area (Å²) in [6, 6.07) is 0. The van der Waals surface area contributed by atoms with Gasteiger partial charge >= 0.3 is 12.1 Å². The van der Waals surface area contributed by atoms with Gasteiger partial charge in [-0.1, -0.05) is 13.3 Å². The van der Waals surface area contributed by atoms with Crippen molar-refractivity contribution in [2.75, 3.05) is 13.2 Å². The zero-order valence-electron chi connectivity index (χ0n) is 9.51. The molecular weight excluding hydrogens is 286 g/mol. The molecule has 0 spiro atoms. The van der Waals surface area contributed by atoms with Crippen LogP contribution in [0.15, 0.2) is 0 Å². The number of phosphoric acid groups is 1. The molecule has 110 valence electrons. The van der Waals surface area contributed by atoms with Crippen molar-refractivity contribution in [2.45, 2.75) is 38.3 Å². The van der Waals surface area contributed by atoms with E-state index in [1.54, 1.807) is 6.92 Å². The van der Waals surface area contributed by atoms with E-state index in [-0.39, 0.29) is 6.61 Å². The summed E-state index contributed by atoms with van der Waals surface area (Å²) in [5.41, 5.74) is 0. The first-order chi connectivity index (χ1) is 8.02. The summed E-state index contributed by atoms with van der Waals surface area (Å²) in [6.07, 6.45) is -6.48. The van der Waals surface area contributed by atoms with Gasteiger partial charge in [0, 0.05) is 6.42 Å². The zero-order chi connectivity index (χ0) is 14.4. The number of hydrogen-bond acceptors (Lipinski definition) is 4. The fraction of sp³-hybridized carbons (Fsp3) is 1.00. The molecule has 0 aliphatic carbocycles. The molecule has 0 rings (SSSR count). The molecule has 0 N–H and O–H groups in total. The highest BCUT2D eigenvalue weighted by Gasteiger charge is 2.56. The Morgan fingerprint density at radius 3 is 2.06 bits per heavy atom. The Kier molecular flexibility index (Phi) is 6.70. The van der Waals surface area contributed by atoms with Crippen LogP contribution >= 0.6 is 7.82 Å². The number of hydrogen-bond donors (Lipinski definition) is 0. The van der Waals surface area contributed by atoms with Crippen LogP contribution < -0.4 is 4.89 Å². The van der Waals surface area contributed by atoms with Gasteiger partial charge in [-0.3, -0.25) is 4.57 Å². The monoisotopic (exact) mass is 299 g/mol. The van der Waals surface area contributed by atoms with Crippen LogP contribution in [-0.4, -0.2) is 25.3 Å². The van der Waals surface area contributed by atoms with E-state index in [2.05, 4.69) is 9.05 Å². The summed E-state index contributed by atoms with van der Waals surface area (Å²) in [5, 5.41) is 0. The van der Waals surface area contributed by atoms with E-state index in [0.717, 1.165) is 0 Å². The number of rotatable bonds is 8. The van der Waals surface area contributed by atoms with E-state index < -0.39 is 32.9 Å². The first-order valence-electron chi connectivity index (χ1n) is 5.06. The van der Waals surface area contributed by atoms with E-state index in [1.165, 1.54) is 0 Å². The van der Waals surface area contributed by atoms with Gasteiger partial charge in [-0.05, 0) is 6.42 Å². The fourth-order valence-electron chi connectivity index (χ4n) is 0.785. The first kappa shape index (κ1) is 17.8. The van der Waals surface area contributed by atoms with Crippen LogP contribution in [-0.2, 0) is 13.6 Å². The molecule has 0 bridgehead atoms. The van der Waals surface area contributed by atoms with Crippen LogP contribution in [0.2, 0.25) is 0 Å². The molecule has 10 heteroatoms. The minimum atomic E-state index is -5.73. The summed E-state index contributed by atoms with van der Waals surface area (Å²) in [7, 11) is -4.81. The Balaban J connectivity index is 4.07. The van der Waals surface area contributed by atoms with Crippen molar-refractivity contribution in [3.05, 3.63) is 0 Å². The third-order valence-corrected chi connectivity index (χ3v) is 2.83. The van der Waals surface area contributed by atoms with E-state index in [1.807, 2.05) is 0 Å². The lowest BCUT2D eigenvalue weighted by Crippen LogP contribution is -2.37. The Morgan fingerprint density at radius 1 is 1.11 bits per heavy atom. The number of unbranched alkanes of at least 4 members (excludes halogenated alkanes) is 1. The Morgan fingerprint density at radius 2 is 1.61 bits per heavy atom. The smallest absolute Gasteiger partial charge is 0.453 e. The molecule has 1 unspecified atom stereocenters. The highest BCUT2D eigenvalue weighted by atomic mass is 31.2. The van der Waals surface area contributed by atoms with Gasteiger partial charge in [0.2, 0.25) is 0 Å². The lowest BCUT2D eigenvalue weighted by molar-refractivity contribution is -0.287. The Bertz CT molecular complexity index is 294. The predicted octanol–water partition coefficient (Wildman–Crippen LogP) is 2.88.